The van der Waals surface area contributed by atoms with E-state index in [4.69, 9.17) is 0 Å². The van der Waals surface area contributed by atoms with Crippen molar-refractivity contribution in [2.24, 2.45) is 0 Å². The number of aromatic nitrogens is 4. The van der Waals surface area contributed by atoms with Crippen LogP contribution in [0.2, 0.25) is 0 Å². The summed E-state index contributed by atoms with van der Waals surface area (Å²) in [4.78, 5) is 24.2. The zero-order valence-electron chi connectivity index (χ0n) is 16.6. The van der Waals surface area contributed by atoms with Crippen LogP contribution in [0, 0.1) is 5.82 Å². The van der Waals surface area contributed by atoms with E-state index in [1.54, 1.807) is 0 Å². The number of carbonyl (C=O) groups excluding carboxylic acids is 1. The van der Waals surface area contributed by atoms with Crippen molar-refractivity contribution in [2.75, 3.05) is 18.8 Å². The van der Waals surface area contributed by atoms with Crippen molar-refractivity contribution < 1.29 is 36.6 Å². The van der Waals surface area contributed by atoms with Gasteiger partial charge < -0.3 is 10.4 Å². The number of hydrogen-bond acceptors (Lipinski definition) is 10. The van der Waals surface area contributed by atoms with Crippen molar-refractivity contribution in [3.05, 3.63) is 40.1 Å². The minimum atomic E-state index is -4.99. The molecule has 1 aliphatic heterocycles. The predicted octanol–water partition coefficient (Wildman–Crippen LogP) is 1.81. The Bertz CT molecular complexity index is 1230. The van der Waals surface area contributed by atoms with E-state index in [1.165, 1.54) is 0 Å². The van der Waals surface area contributed by atoms with Gasteiger partial charge in [0, 0.05) is 25.3 Å². The van der Waals surface area contributed by atoms with E-state index < -0.39 is 28.9 Å². The smallest absolute Gasteiger partial charge is 0.379 e. The van der Waals surface area contributed by atoms with Gasteiger partial charge in [-0.25, -0.2) is 18.4 Å². The molecule has 15 heteroatoms. The lowest BCUT2D eigenvalue weighted by molar-refractivity contribution is -0.142. The van der Waals surface area contributed by atoms with Crippen LogP contribution in [-0.2, 0) is 11.0 Å². The van der Waals surface area contributed by atoms with Crippen LogP contribution in [0.15, 0.2) is 37.2 Å². The van der Waals surface area contributed by atoms with E-state index in [2.05, 4.69) is 29.9 Å². The minimum Gasteiger partial charge on any atom is -0.379 e. The van der Waals surface area contributed by atoms with Gasteiger partial charge in [-0.2, -0.15) is 13.2 Å². The van der Waals surface area contributed by atoms with Gasteiger partial charge in [-0.15, -0.1) is 11.8 Å². The van der Waals surface area contributed by atoms with Crippen LogP contribution in [0.4, 0.5) is 17.6 Å². The molecule has 1 aliphatic rings. The standard InChI is InChI=1S/C18H15F4N5O5S/c19-11-4-3-9(6-10(11)18(20,21)22)27-14(25-31-16(27)29)13-15(26-32-24-13)33-5-1-2-12(28)17(30)7-23-8-17/h3-4,6,23,30H,1-2,5,7-8H2. The minimum absolute atomic E-state index is 0.0862. The number of Topliss-reactive ketones (excluding diaryl/α,β-unsaturated/α-hetero) is 1. The van der Waals surface area contributed by atoms with Crippen molar-refractivity contribution >= 4 is 17.5 Å². The molecule has 2 N–H and O–H groups in total. The maximum atomic E-state index is 13.6. The molecule has 0 aliphatic carbocycles. The number of carbonyl (C=O) groups is 1. The van der Waals surface area contributed by atoms with E-state index in [1.807, 2.05) is 0 Å². The molecule has 2 aromatic heterocycles. The summed E-state index contributed by atoms with van der Waals surface area (Å²) in [5.74, 6) is -2.87. The molecule has 10 nitrogen and oxygen atoms in total. The van der Waals surface area contributed by atoms with Crippen LogP contribution < -0.4 is 11.1 Å². The van der Waals surface area contributed by atoms with Crippen LogP contribution in [0.5, 0.6) is 0 Å². The number of aliphatic hydroxyl groups is 1. The van der Waals surface area contributed by atoms with Crippen LogP contribution >= 0.6 is 11.8 Å². The first-order chi connectivity index (χ1) is 15.6. The Hall–Kier alpha value is -3.04. The molecule has 0 saturated carbocycles. The Balaban J connectivity index is 1.54. The number of ketones is 1. The normalized spacial score (nSPS) is 15.4. The molecule has 0 bridgehead atoms. The summed E-state index contributed by atoms with van der Waals surface area (Å²) >= 11 is 1.10. The summed E-state index contributed by atoms with van der Waals surface area (Å²) in [6, 6.07) is 1.97. The topological polar surface area (TPSA) is 136 Å². The second-order valence-electron chi connectivity index (χ2n) is 7.20. The monoisotopic (exact) mass is 489 g/mol. The average molecular weight is 489 g/mol. The third kappa shape index (κ3) is 4.56. The number of alkyl halides is 3. The largest absolute Gasteiger partial charge is 0.446 e. The number of nitrogens with one attached hydrogen (secondary N) is 1. The second kappa shape index (κ2) is 8.72. The Morgan fingerprint density at radius 1 is 1.27 bits per heavy atom. The van der Waals surface area contributed by atoms with Crippen molar-refractivity contribution in [3.63, 3.8) is 0 Å². The molecule has 3 heterocycles. The second-order valence-corrected chi connectivity index (χ2v) is 8.28. The lowest BCUT2D eigenvalue weighted by Crippen LogP contribution is -2.64. The van der Waals surface area contributed by atoms with Gasteiger partial charge in [-0.3, -0.25) is 9.32 Å². The summed E-state index contributed by atoms with van der Waals surface area (Å²) in [7, 11) is 0. The van der Waals surface area contributed by atoms with E-state index >= 15 is 0 Å². The first-order valence-electron chi connectivity index (χ1n) is 9.48. The molecule has 1 aromatic carbocycles. The van der Waals surface area contributed by atoms with Gasteiger partial charge in [0.25, 0.3) is 0 Å². The molecule has 0 radical (unpaired) electrons. The molecule has 0 atom stereocenters. The van der Waals surface area contributed by atoms with Gasteiger partial charge >= 0.3 is 11.9 Å². The molecule has 3 aromatic rings. The number of β-amino-alcohol motifs (C(OH)–C–C–N with tert-alkyl or cyclic N) is 1. The number of benzene rings is 1. The van der Waals surface area contributed by atoms with Gasteiger partial charge in [0.2, 0.25) is 5.82 Å². The van der Waals surface area contributed by atoms with Crippen molar-refractivity contribution in [1.82, 2.24) is 25.4 Å². The van der Waals surface area contributed by atoms with Gasteiger partial charge in [0.15, 0.2) is 16.5 Å². The molecule has 0 spiro atoms. The maximum Gasteiger partial charge on any atom is 0.446 e. The van der Waals surface area contributed by atoms with Crippen molar-refractivity contribution in [1.29, 1.82) is 0 Å². The zero-order chi connectivity index (χ0) is 23.8. The maximum absolute atomic E-state index is 13.6. The lowest BCUT2D eigenvalue weighted by atomic mass is 9.89. The number of thioether (sulfide) groups is 1. The molecule has 4 rings (SSSR count). The summed E-state index contributed by atoms with van der Waals surface area (Å²) < 4.78 is 62.9. The van der Waals surface area contributed by atoms with Crippen molar-refractivity contribution in [2.45, 2.75) is 29.6 Å². The highest BCUT2D eigenvalue weighted by molar-refractivity contribution is 7.99. The number of nitrogens with zero attached hydrogens (tertiary/aromatic N) is 4. The summed E-state index contributed by atoms with van der Waals surface area (Å²) in [6.07, 6.45) is -4.48. The summed E-state index contributed by atoms with van der Waals surface area (Å²) in [5, 5.41) is 23.8. The molecule has 0 amide bonds. The molecule has 0 unspecified atom stereocenters. The number of hydrogen-bond donors (Lipinski definition) is 2. The molecule has 1 saturated heterocycles. The van der Waals surface area contributed by atoms with Crippen LogP contribution in [0.3, 0.4) is 0 Å². The summed E-state index contributed by atoms with van der Waals surface area (Å²) in [6.45, 7) is 0.416. The van der Waals surface area contributed by atoms with E-state index in [0.29, 0.717) is 28.9 Å². The fourth-order valence-corrected chi connectivity index (χ4v) is 3.94. The molecule has 176 valence electrons. The Kier molecular flexibility index (Phi) is 6.11. The fourth-order valence-electron chi connectivity index (χ4n) is 3.10. The SMILES string of the molecule is O=C(CCCSc1nonc1-c1noc(=O)n1-c1ccc(F)c(C(F)(F)F)c1)C1(O)CNC1. The van der Waals surface area contributed by atoms with Gasteiger partial charge in [-0.1, -0.05) is 5.16 Å². The highest BCUT2D eigenvalue weighted by Crippen LogP contribution is 2.34. The molecular weight excluding hydrogens is 474 g/mol. The van der Waals surface area contributed by atoms with E-state index in [0.717, 1.165) is 17.8 Å². The van der Waals surface area contributed by atoms with Crippen LogP contribution in [-0.4, -0.2) is 55.4 Å². The number of halogens is 4. The highest BCUT2D eigenvalue weighted by Gasteiger charge is 2.41. The first kappa shape index (κ1) is 23.1. The number of rotatable bonds is 8. The quantitative estimate of drug-likeness (QED) is 0.274. The Morgan fingerprint density at radius 3 is 2.70 bits per heavy atom. The summed E-state index contributed by atoms with van der Waals surface area (Å²) in [5.41, 5.74) is -3.35. The van der Waals surface area contributed by atoms with Gasteiger partial charge in [0.05, 0.1) is 11.3 Å². The van der Waals surface area contributed by atoms with Crippen molar-refractivity contribution in [3.8, 4) is 17.2 Å². The Morgan fingerprint density at radius 2 is 2.03 bits per heavy atom. The van der Waals surface area contributed by atoms with Gasteiger partial charge in [0.1, 0.15) is 11.4 Å². The van der Waals surface area contributed by atoms with E-state index in [9.17, 15) is 32.3 Å². The molecule has 33 heavy (non-hydrogen) atoms. The zero-order valence-corrected chi connectivity index (χ0v) is 17.4. The molecular formula is C18H15F4N5O5S. The molecule has 1 fully saturated rings. The fraction of sp³-hybridized carbons (Fsp3) is 0.389. The highest BCUT2D eigenvalue weighted by atomic mass is 32.2. The third-order valence-electron chi connectivity index (χ3n) is 4.93. The van der Waals surface area contributed by atoms with Gasteiger partial charge in [-0.05, 0) is 34.9 Å². The van der Waals surface area contributed by atoms with E-state index in [-0.39, 0.29) is 47.5 Å². The van der Waals surface area contributed by atoms with Crippen LogP contribution in [0.1, 0.15) is 18.4 Å². The third-order valence-corrected chi connectivity index (χ3v) is 5.96. The predicted molar refractivity (Wildman–Crippen MR) is 103 cm³/mol. The lowest BCUT2D eigenvalue weighted by Gasteiger charge is -2.35. The Labute approximate surface area is 185 Å². The van der Waals surface area contributed by atoms with Crippen LogP contribution in [0.25, 0.3) is 17.2 Å². The average Bonchev–Trinajstić information content (AvgIpc) is 3.35. The first-order valence-corrected chi connectivity index (χ1v) is 10.5.